The van der Waals surface area contributed by atoms with Gasteiger partial charge in [-0.3, -0.25) is 4.72 Å². The molecule has 5 nitrogen and oxygen atoms in total. The highest BCUT2D eigenvalue weighted by Crippen LogP contribution is 2.29. The molecule has 0 fully saturated rings. The quantitative estimate of drug-likeness (QED) is 0.848. The van der Waals surface area contributed by atoms with Gasteiger partial charge in [-0.2, -0.15) is 0 Å². The second kappa shape index (κ2) is 5.42. The minimum Gasteiger partial charge on any atom is -0.495 e. The highest BCUT2D eigenvalue weighted by molar-refractivity contribution is 7.93. The van der Waals surface area contributed by atoms with Crippen LogP contribution in [0.5, 0.6) is 5.75 Å². The standard InChI is InChI=1S/C14H16N2O3S/c1-10-6-5-7-11(15)14(10)20(17,18)16-12-8-3-4-9-13(12)19-2/h3-9,16H,15H2,1-2H3. The number of methoxy groups -OCH3 is 1. The lowest BCUT2D eigenvalue weighted by Crippen LogP contribution is -2.16. The molecule has 2 aromatic carbocycles. The molecular formula is C14H16N2O3S. The van der Waals surface area contributed by atoms with Crippen molar-refractivity contribution in [2.75, 3.05) is 17.6 Å². The van der Waals surface area contributed by atoms with Crippen molar-refractivity contribution >= 4 is 21.4 Å². The van der Waals surface area contributed by atoms with Crippen molar-refractivity contribution in [3.63, 3.8) is 0 Å². The molecule has 0 heterocycles. The molecule has 0 aliphatic heterocycles. The van der Waals surface area contributed by atoms with Crippen molar-refractivity contribution in [1.82, 2.24) is 0 Å². The van der Waals surface area contributed by atoms with Gasteiger partial charge >= 0.3 is 0 Å². The minimum atomic E-state index is -3.76. The van der Waals surface area contributed by atoms with E-state index < -0.39 is 10.0 Å². The number of nitrogens with two attached hydrogens (primary N) is 1. The molecule has 0 saturated heterocycles. The van der Waals surface area contributed by atoms with Crippen molar-refractivity contribution < 1.29 is 13.2 Å². The van der Waals surface area contributed by atoms with Gasteiger partial charge in [0.05, 0.1) is 18.5 Å². The fourth-order valence-corrected chi connectivity index (χ4v) is 3.40. The van der Waals surface area contributed by atoms with Crippen molar-refractivity contribution in [2.24, 2.45) is 0 Å². The van der Waals surface area contributed by atoms with Crippen molar-refractivity contribution in [1.29, 1.82) is 0 Å². The van der Waals surface area contributed by atoms with E-state index in [9.17, 15) is 8.42 Å². The van der Waals surface area contributed by atoms with Gasteiger partial charge in [0, 0.05) is 0 Å². The molecule has 20 heavy (non-hydrogen) atoms. The van der Waals surface area contributed by atoms with E-state index in [2.05, 4.69) is 4.72 Å². The summed E-state index contributed by atoms with van der Waals surface area (Å²) in [6, 6.07) is 11.8. The SMILES string of the molecule is COc1ccccc1NS(=O)(=O)c1c(C)cccc1N. The highest BCUT2D eigenvalue weighted by Gasteiger charge is 2.21. The topological polar surface area (TPSA) is 81.4 Å². The van der Waals surface area contributed by atoms with Crippen molar-refractivity contribution in [3.8, 4) is 5.75 Å². The Balaban J connectivity index is 2.47. The van der Waals surface area contributed by atoms with Crippen LogP contribution in [0.25, 0.3) is 0 Å². The van der Waals surface area contributed by atoms with Crippen LogP contribution >= 0.6 is 0 Å². The monoisotopic (exact) mass is 292 g/mol. The molecule has 3 N–H and O–H groups in total. The number of aryl methyl sites for hydroxylation is 1. The Morgan fingerprint density at radius 2 is 1.80 bits per heavy atom. The lowest BCUT2D eigenvalue weighted by Gasteiger charge is -2.14. The zero-order chi connectivity index (χ0) is 14.8. The van der Waals surface area contributed by atoms with E-state index in [4.69, 9.17) is 10.5 Å². The number of sulfonamides is 1. The largest absolute Gasteiger partial charge is 0.495 e. The number of hydrogen-bond acceptors (Lipinski definition) is 4. The molecule has 2 rings (SSSR count). The summed E-state index contributed by atoms with van der Waals surface area (Å²) in [6.07, 6.45) is 0. The maximum Gasteiger partial charge on any atom is 0.264 e. The lowest BCUT2D eigenvalue weighted by molar-refractivity contribution is 0.417. The van der Waals surface area contributed by atoms with E-state index in [1.165, 1.54) is 7.11 Å². The van der Waals surface area contributed by atoms with Gasteiger partial charge in [0.25, 0.3) is 10.0 Å². The molecule has 0 saturated carbocycles. The summed E-state index contributed by atoms with van der Waals surface area (Å²) in [5.74, 6) is 0.447. The predicted molar refractivity (Wildman–Crippen MR) is 79.4 cm³/mol. The summed E-state index contributed by atoms with van der Waals surface area (Å²) < 4.78 is 32.6. The Bertz CT molecular complexity index is 707. The van der Waals surface area contributed by atoms with Gasteiger partial charge in [-0.25, -0.2) is 8.42 Å². The predicted octanol–water partition coefficient (Wildman–Crippen LogP) is 2.39. The summed E-state index contributed by atoms with van der Waals surface area (Å²) >= 11 is 0. The average molecular weight is 292 g/mol. The van der Waals surface area contributed by atoms with Crippen LogP contribution in [0.2, 0.25) is 0 Å². The van der Waals surface area contributed by atoms with Gasteiger partial charge in [-0.05, 0) is 30.7 Å². The first kappa shape index (κ1) is 14.2. The highest BCUT2D eigenvalue weighted by atomic mass is 32.2. The summed E-state index contributed by atoms with van der Waals surface area (Å²) in [4.78, 5) is 0.0888. The first-order valence-corrected chi connectivity index (χ1v) is 7.45. The lowest BCUT2D eigenvalue weighted by atomic mass is 10.2. The number of rotatable bonds is 4. The summed E-state index contributed by atoms with van der Waals surface area (Å²) in [5.41, 5.74) is 6.96. The number of hydrogen-bond donors (Lipinski definition) is 2. The van der Waals surface area contributed by atoms with Crippen LogP contribution in [-0.4, -0.2) is 15.5 Å². The second-order valence-electron chi connectivity index (χ2n) is 4.30. The summed E-state index contributed by atoms with van der Waals surface area (Å²) in [7, 11) is -2.28. The molecule has 0 spiro atoms. The fourth-order valence-electron chi connectivity index (χ4n) is 1.97. The van der Waals surface area contributed by atoms with Gasteiger partial charge < -0.3 is 10.5 Å². The molecule has 0 amide bonds. The first-order valence-electron chi connectivity index (χ1n) is 5.96. The molecule has 2 aromatic rings. The number of anilines is 2. The van der Waals surface area contributed by atoms with Gasteiger partial charge in [0.2, 0.25) is 0 Å². The van der Waals surface area contributed by atoms with E-state index in [0.717, 1.165) is 0 Å². The third kappa shape index (κ3) is 2.70. The number of benzene rings is 2. The van der Waals surface area contributed by atoms with Crippen LogP contribution in [0, 0.1) is 6.92 Å². The number of ether oxygens (including phenoxy) is 1. The van der Waals surface area contributed by atoms with E-state index in [1.54, 1.807) is 49.4 Å². The van der Waals surface area contributed by atoms with Crippen LogP contribution in [-0.2, 0) is 10.0 Å². The zero-order valence-electron chi connectivity index (χ0n) is 11.3. The molecule has 0 aliphatic rings. The Morgan fingerprint density at radius 3 is 2.45 bits per heavy atom. The normalized spacial score (nSPS) is 11.1. The van der Waals surface area contributed by atoms with Gasteiger partial charge in [-0.1, -0.05) is 24.3 Å². The third-order valence-corrected chi connectivity index (χ3v) is 4.45. The Hall–Kier alpha value is -2.21. The summed E-state index contributed by atoms with van der Waals surface area (Å²) in [5, 5.41) is 0. The fraction of sp³-hybridized carbons (Fsp3) is 0.143. The van der Waals surface area contributed by atoms with Crippen molar-refractivity contribution in [2.45, 2.75) is 11.8 Å². The minimum absolute atomic E-state index is 0.0888. The maximum atomic E-state index is 12.5. The van der Waals surface area contributed by atoms with Gasteiger partial charge in [0.1, 0.15) is 10.6 Å². The first-order chi connectivity index (χ1) is 9.45. The smallest absolute Gasteiger partial charge is 0.264 e. The second-order valence-corrected chi connectivity index (χ2v) is 5.92. The molecule has 6 heteroatoms. The molecule has 0 bridgehead atoms. The molecule has 106 valence electrons. The zero-order valence-corrected chi connectivity index (χ0v) is 12.1. The number of nitrogens with one attached hydrogen (secondary N) is 1. The molecule has 0 aliphatic carbocycles. The molecule has 0 radical (unpaired) electrons. The van der Waals surface area contributed by atoms with Gasteiger partial charge in [-0.15, -0.1) is 0 Å². The number of para-hydroxylation sites is 2. The van der Waals surface area contributed by atoms with E-state index in [0.29, 0.717) is 17.0 Å². The Labute approximate surface area is 118 Å². The van der Waals surface area contributed by atoms with Crippen LogP contribution in [0.3, 0.4) is 0 Å². The van der Waals surface area contributed by atoms with Crippen molar-refractivity contribution in [3.05, 3.63) is 48.0 Å². The van der Waals surface area contributed by atoms with E-state index >= 15 is 0 Å². The van der Waals surface area contributed by atoms with E-state index in [1.807, 2.05) is 0 Å². The van der Waals surface area contributed by atoms with E-state index in [-0.39, 0.29) is 10.6 Å². The van der Waals surface area contributed by atoms with Crippen LogP contribution in [0.4, 0.5) is 11.4 Å². The molecule has 0 aromatic heterocycles. The van der Waals surface area contributed by atoms with Crippen LogP contribution < -0.4 is 15.2 Å². The Kier molecular flexibility index (Phi) is 3.85. The maximum absolute atomic E-state index is 12.5. The average Bonchev–Trinajstić information content (AvgIpc) is 2.38. The van der Waals surface area contributed by atoms with Crippen LogP contribution in [0.1, 0.15) is 5.56 Å². The molecular weight excluding hydrogens is 276 g/mol. The summed E-state index contributed by atoms with van der Waals surface area (Å²) in [6.45, 7) is 1.70. The Morgan fingerprint density at radius 1 is 1.10 bits per heavy atom. The third-order valence-electron chi connectivity index (χ3n) is 2.86. The van der Waals surface area contributed by atoms with Gasteiger partial charge in [0.15, 0.2) is 0 Å². The molecule has 0 unspecified atom stereocenters. The number of nitrogen functional groups attached to an aromatic ring is 1. The molecule has 0 atom stereocenters. The van der Waals surface area contributed by atoms with Crippen LogP contribution in [0.15, 0.2) is 47.4 Å².